The average Bonchev–Trinajstić information content (AvgIpc) is 3.14. The van der Waals surface area contributed by atoms with Crippen LogP contribution in [0.15, 0.2) is 12.3 Å². The minimum atomic E-state index is -0.758. The average molecular weight is 389 g/mol. The lowest BCUT2D eigenvalue weighted by Gasteiger charge is -2.41. The maximum Gasteiger partial charge on any atom is 0.313 e. The van der Waals surface area contributed by atoms with Gasteiger partial charge in [0.2, 0.25) is 0 Å². The summed E-state index contributed by atoms with van der Waals surface area (Å²) in [6.07, 6.45) is 7.36. The van der Waals surface area contributed by atoms with E-state index in [1.807, 2.05) is 6.07 Å². The summed E-state index contributed by atoms with van der Waals surface area (Å²) in [5.41, 5.74) is 0.0237. The molecule has 27 heavy (non-hydrogen) atoms. The van der Waals surface area contributed by atoms with Crippen LogP contribution in [0, 0.1) is 17.2 Å². The highest BCUT2D eigenvalue weighted by atomic mass is 35.5. The number of nitrogens with zero attached hydrogens (tertiary/aromatic N) is 2. The van der Waals surface area contributed by atoms with Crippen LogP contribution in [0.3, 0.4) is 0 Å². The minimum absolute atomic E-state index is 0.0274. The van der Waals surface area contributed by atoms with E-state index in [1.165, 1.54) is 0 Å². The number of rotatable bonds is 5. The van der Waals surface area contributed by atoms with Crippen molar-refractivity contribution in [1.82, 2.24) is 4.98 Å². The number of carbonyl (C=O) groups is 2. The van der Waals surface area contributed by atoms with Crippen LogP contribution >= 0.6 is 11.6 Å². The number of halogens is 1. The van der Waals surface area contributed by atoms with Gasteiger partial charge in [0.05, 0.1) is 22.2 Å². The van der Waals surface area contributed by atoms with E-state index in [2.05, 4.69) is 11.1 Å². The second-order valence-corrected chi connectivity index (χ2v) is 8.73. The predicted octanol–water partition coefficient (Wildman–Crippen LogP) is 4.30. The lowest BCUT2D eigenvalue weighted by atomic mass is 9.76. The van der Waals surface area contributed by atoms with E-state index < -0.39 is 17.0 Å². The molecule has 0 bridgehead atoms. The molecule has 0 N–H and O–H groups in total. The molecule has 3 rings (SSSR count). The minimum Gasteiger partial charge on any atom is -0.458 e. The van der Waals surface area contributed by atoms with Gasteiger partial charge in [0.1, 0.15) is 17.8 Å². The number of pyridine rings is 1. The molecule has 2 heterocycles. The first-order valence-electron chi connectivity index (χ1n) is 9.55. The molecule has 1 aromatic heterocycles. The van der Waals surface area contributed by atoms with Crippen LogP contribution in [-0.4, -0.2) is 22.3 Å². The van der Waals surface area contributed by atoms with Crippen molar-refractivity contribution in [3.8, 4) is 6.07 Å². The van der Waals surface area contributed by atoms with Gasteiger partial charge >= 0.3 is 5.97 Å². The Morgan fingerprint density at radius 2 is 2.07 bits per heavy atom. The van der Waals surface area contributed by atoms with Gasteiger partial charge in [-0.15, -0.1) is 0 Å². The SMILES string of the molecule is CC(C)(C#N)c1ncc(CCC2(C3CCCC3)CC(=O)CC(=O)O2)cc1Cl. The van der Waals surface area contributed by atoms with Gasteiger partial charge in [0, 0.05) is 12.6 Å². The Bertz CT molecular complexity index is 775. The molecule has 1 aromatic rings. The molecule has 1 unspecified atom stereocenters. The van der Waals surface area contributed by atoms with Gasteiger partial charge in [-0.2, -0.15) is 5.26 Å². The van der Waals surface area contributed by atoms with Crippen LogP contribution < -0.4 is 0 Å². The van der Waals surface area contributed by atoms with Gasteiger partial charge in [-0.1, -0.05) is 24.4 Å². The topological polar surface area (TPSA) is 80.0 Å². The molecule has 0 radical (unpaired) electrons. The number of esters is 1. The number of hydrogen-bond acceptors (Lipinski definition) is 5. The number of ketones is 1. The van der Waals surface area contributed by atoms with E-state index in [4.69, 9.17) is 16.3 Å². The van der Waals surface area contributed by atoms with Gasteiger partial charge in [0.15, 0.2) is 0 Å². The fraction of sp³-hybridized carbons (Fsp3) is 0.619. The summed E-state index contributed by atoms with van der Waals surface area (Å²) in [5, 5.41) is 9.75. The van der Waals surface area contributed by atoms with Crippen LogP contribution in [0.4, 0.5) is 0 Å². The highest BCUT2D eigenvalue weighted by Gasteiger charge is 2.47. The van der Waals surface area contributed by atoms with Crippen LogP contribution in [-0.2, 0) is 26.2 Å². The largest absolute Gasteiger partial charge is 0.458 e. The van der Waals surface area contributed by atoms with E-state index in [1.54, 1.807) is 20.0 Å². The number of ether oxygens (including phenoxy) is 1. The van der Waals surface area contributed by atoms with E-state index in [0.29, 0.717) is 30.0 Å². The van der Waals surface area contributed by atoms with Crippen molar-refractivity contribution in [2.45, 2.75) is 76.2 Å². The fourth-order valence-electron chi connectivity index (χ4n) is 4.36. The molecule has 2 aliphatic rings. The number of aromatic nitrogens is 1. The Balaban J connectivity index is 1.80. The van der Waals surface area contributed by atoms with Gasteiger partial charge in [-0.3, -0.25) is 14.6 Å². The number of carbonyl (C=O) groups excluding carboxylic acids is 2. The summed E-state index contributed by atoms with van der Waals surface area (Å²) in [5.74, 6) is -0.188. The van der Waals surface area contributed by atoms with Crippen LogP contribution in [0.25, 0.3) is 0 Å². The summed E-state index contributed by atoms with van der Waals surface area (Å²) in [7, 11) is 0. The molecule has 1 saturated carbocycles. The highest BCUT2D eigenvalue weighted by Crippen LogP contribution is 2.44. The van der Waals surface area contributed by atoms with Gasteiger partial charge in [-0.25, -0.2) is 0 Å². The second kappa shape index (κ2) is 7.59. The van der Waals surface area contributed by atoms with Crippen LogP contribution in [0.5, 0.6) is 0 Å². The smallest absolute Gasteiger partial charge is 0.313 e. The Morgan fingerprint density at radius 1 is 1.37 bits per heavy atom. The molecule has 0 amide bonds. The number of Topliss-reactive ketones (excluding diaryl/α,β-unsaturated/α-hetero) is 1. The zero-order valence-corrected chi connectivity index (χ0v) is 16.6. The summed E-state index contributed by atoms with van der Waals surface area (Å²) in [6, 6.07) is 4.04. The first-order valence-corrected chi connectivity index (χ1v) is 9.93. The van der Waals surface area contributed by atoms with Crippen molar-refractivity contribution >= 4 is 23.4 Å². The second-order valence-electron chi connectivity index (χ2n) is 8.32. The maximum atomic E-state index is 12.1. The van der Waals surface area contributed by atoms with E-state index in [-0.39, 0.29) is 18.1 Å². The number of nitriles is 1. The van der Waals surface area contributed by atoms with Crippen molar-refractivity contribution in [2.75, 3.05) is 0 Å². The first kappa shape index (κ1) is 19.8. The Hall–Kier alpha value is -1.93. The Kier molecular flexibility index (Phi) is 5.58. The molecule has 5 nitrogen and oxygen atoms in total. The third kappa shape index (κ3) is 4.16. The van der Waals surface area contributed by atoms with Crippen molar-refractivity contribution in [3.05, 3.63) is 28.5 Å². The molecule has 0 spiro atoms. The van der Waals surface area contributed by atoms with Crippen molar-refractivity contribution in [3.63, 3.8) is 0 Å². The Labute approximate surface area is 165 Å². The standard InChI is InChI=1S/C21H25ClN2O3/c1-20(2,13-23)19-17(22)9-14(12-24-19)7-8-21(15-5-3-4-6-15)11-16(25)10-18(26)27-21/h9,12,15H,3-8,10-11H2,1-2H3. The lowest BCUT2D eigenvalue weighted by molar-refractivity contribution is -0.178. The molecule has 2 fully saturated rings. The zero-order valence-electron chi connectivity index (χ0n) is 15.9. The Morgan fingerprint density at radius 3 is 2.67 bits per heavy atom. The van der Waals surface area contributed by atoms with Crippen molar-refractivity contribution < 1.29 is 14.3 Å². The molecule has 0 aromatic carbocycles. The van der Waals surface area contributed by atoms with E-state index in [9.17, 15) is 14.9 Å². The number of cyclic esters (lactones) is 1. The molecular weight excluding hydrogens is 364 g/mol. The number of hydrogen-bond donors (Lipinski definition) is 0. The summed E-state index contributed by atoms with van der Waals surface area (Å²) >= 11 is 6.37. The normalized spacial score (nSPS) is 23.9. The first-order chi connectivity index (χ1) is 12.8. The molecule has 6 heteroatoms. The van der Waals surface area contributed by atoms with E-state index in [0.717, 1.165) is 31.2 Å². The number of aryl methyl sites for hydroxylation is 1. The maximum absolute atomic E-state index is 12.1. The summed E-state index contributed by atoms with van der Waals surface area (Å²) < 4.78 is 5.82. The zero-order chi connectivity index (χ0) is 19.7. The molecule has 144 valence electrons. The van der Waals surface area contributed by atoms with Gasteiger partial charge in [-0.05, 0) is 57.1 Å². The van der Waals surface area contributed by atoms with Crippen LogP contribution in [0.1, 0.15) is 70.1 Å². The van der Waals surface area contributed by atoms with Crippen molar-refractivity contribution in [2.24, 2.45) is 5.92 Å². The summed E-state index contributed by atoms with van der Waals surface area (Å²) in [4.78, 5) is 28.5. The van der Waals surface area contributed by atoms with Gasteiger partial charge in [0.25, 0.3) is 0 Å². The molecule has 1 saturated heterocycles. The van der Waals surface area contributed by atoms with Gasteiger partial charge < -0.3 is 4.74 Å². The fourth-order valence-corrected chi connectivity index (χ4v) is 4.79. The quantitative estimate of drug-likeness (QED) is 0.554. The molecule has 1 aliphatic carbocycles. The summed E-state index contributed by atoms with van der Waals surface area (Å²) in [6.45, 7) is 3.56. The predicted molar refractivity (Wildman–Crippen MR) is 101 cm³/mol. The molecule has 1 atom stereocenters. The highest BCUT2D eigenvalue weighted by molar-refractivity contribution is 6.31. The van der Waals surface area contributed by atoms with E-state index >= 15 is 0 Å². The van der Waals surface area contributed by atoms with Crippen molar-refractivity contribution in [1.29, 1.82) is 5.26 Å². The third-order valence-electron chi connectivity index (χ3n) is 5.86. The molecular formula is C21H25ClN2O3. The monoisotopic (exact) mass is 388 g/mol. The molecule has 1 aliphatic heterocycles. The van der Waals surface area contributed by atoms with Crippen LogP contribution in [0.2, 0.25) is 5.02 Å². The third-order valence-corrected chi connectivity index (χ3v) is 6.15. The lowest BCUT2D eigenvalue weighted by Crippen LogP contribution is -2.48.